The number of amides is 6. The molecular formula is C76H59F3N6O12. The van der Waals surface area contributed by atoms with Crippen LogP contribution in [0.15, 0.2) is 170 Å². The Kier molecular flexibility index (Phi) is 15.3. The van der Waals surface area contributed by atoms with Crippen molar-refractivity contribution in [2.75, 3.05) is 47.6 Å². The van der Waals surface area contributed by atoms with Crippen LogP contribution in [0.4, 0.5) is 35.9 Å². The highest BCUT2D eigenvalue weighted by Crippen LogP contribution is 2.58. The van der Waals surface area contributed by atoms with Gasteiger partial charge in [0.2, 0.25) is 11.9 Å². The number of alkyl halides is 3. The van der Waals surface area contributed by atoms with E-state index in [4.69, 9.17) is 28.4 Å². The number of hydrogen-bond donors (Lipinski definition) is 4. The van der Waals surface area contributed by atoms with Crippen LogP contribution in [0.1, 0.15) is 70.6 Å². The van der Waals surface area contributed by atoms with Gasteiger partial charge in [-0.2, -0.15) is 13.2 Å². The number of anilines is 4. The van der Waals surface area contributed by atoms with Crippen LogP contribution in [-0.2, 0) is 19.1 Å². The number of imide groups is 2. The maximum Gasteiger partial charge on any atom is 0.418 e. The summed E-state index contributed by atoms with van der Waals surface area (Å²) in [5.41, 5.74) is 4.02. The standard InChI is InChI=1S/C76H59F3N6O12/c1-38-6-22-47(23-7-38)94-57-30-53-61-54(73(89)84(72(53)88)42(5)70(86)82-45-18-14-43(15-19-45)80-34-51-36-92-51)31-58(95-48-24-8-39(2)9-25-48)64-66-60(97-50-28-12-41(4)13-29-50)33-56-62-55(32-59(65(68(62)66)63(57)67(61)64)96-49-26-10-40(3)11-27-49)74(90)85(75(56)91)69(76(77,78)79)71(87)83-46-20-16-44(17-21-46)81-35-52-37-93-52/h6-33,42,51-52,69,80-81H,34-37H2,1-5H3,(H,82,86)(H,83,87). The molecule has 11 aromatic rings. The molecule has 4 unspecified atom stereocenters. The minimum atomic E-state index is -5.56. The zero-order valence-electron chi connectivity index (χ0n) is 52.7. The van der Waals surface area contributed by atoms with Gasteiger partial charge in [0, 0.05) is 78.9 Å². The second-order valence-corrected chi connectivity index (χ2v) is 24.7. The van der Waals surface area contributed by atoms with Crippen LogP contribution < -0.4 is 40.2 Å². The summed E-state index contributed by atoms with van der Waals surface area (Å²) in [5.74, 6) is -6.71. The highest BCUT2D eigenvalue weighted by atomic mass is 19.4. The van der Waals surface area contributed by atoms with Gasteiger partial charge in [0.05, 0.1) is 47.7 Å². The van der Waals surface area contributed by atoms with Gasteiger partial charge in [-0.15, -0.1) is 0 Å². The average Bonchev–Trinajstić information content (AvgIpc) is 1.14. The molecule has 0 radical (unpaired) electrons. The minimum absolute atomic E-state index is 0.0198. The number of benzene rings is 11. The smallest absolute Gasteiger partial charge is 0.418 e. The summed E-state index contributed by atoms with van der Waals surface area (Å²) in [6.07, 6.45) is -5.42. The van der Waals surface area contributed by atoms with Crippen LogP contribution in [0.5, 0.6) is 46.0 Å². The Balaban J connectivity index is 0.998. The van der Waals surface area contributed by atoms with Crippen molar-refractivity contribution < 1.29 is 70.4 Å². The molecule has 0 spiro atoms. The second kappa shape index (κ2) is 24.0. The van der Waals surface area contributed by atoms with E-state index in [-0.39, 0.29) is 123 Å². The number of ether oxygens (including phenoxy) is 6. The summed E-state index contributed by atoms with van der Waals surface area (Å²) in [6, 6.07) is 41.0. The number of epoxide rings is 2. The molecule has 4 aliphatic rings. The first-order chi connectivity index (χ1) is 46.7. The molecule has 0 saturated carbocycles. The molecule has 2 saturated heterocycles. The van der Waals surface area contributed by atoms with Gasteiger partial charge in [-0.25, -0.2) is 0 Å². The molecule has 4 N–H and O–H groups in total. The predicted molar refractivity (Wildman–Crippen MR) is 360 cm³/mol. The van der Waals surface area contributed by atoms with Crippen molar-refractivity contribution in [2.45, 2.75) is 65.1 Å². The number of carbonyl (C=O) groups is 6. The summed E-state index contributed by atoms with van der Waals surface area (Å²) in [5, 5.41) is 12.1. The van der Waals surface area contributed by atoms with Crippen LogP contribution in [0.25, 0.3) is 43.1 Å². The van der Waals surface area contributed by atoms with E-state index in [1.54, 1.807) is 133 Å². The number of nitrogens with zero attached hydrogens (tertiary/aromatic N) is 2. The molecule has 21 heteroatoms. The zero-order chi connectivity index (χ0) is 67.3. The number of hydrogen-bond acceptors (Lipinski definition) is 14. The molecule has 0 aliphatic carbocycles. The maximum absolute atomic E-state index is 16.1. The third-order valence-corrected chi connectivity index (χ3v) is 17.7. The topological polar surface area (TPSA) is 219 Å². The van der Waals surface area contributed by atoms with Gasteiger partial charge in [0.25, 0.3) is 29.5 Å². The van der Waals surface area contributed by atoms with Gasteiger partial charge in [0.1, 0.15) is 52.0 Å². The highest BCUT2D eigenvalue weighted by molar-refractivity contribution is 6.45. The summed E-state index contributed by atoms with van der Waals surface area (Å²) in [7, 11) is 0. The molecule has 97 heavy (non-hydrogen) atoms. The summed E-state index contributed by atoms with van der Waals surface area (Å²) in [4.78, 5) is 93.1. The van der Waals surface area contributed by atoms with E-state index in [0.29, 0.717) is 37.7 Å². The molecular weight excluding hydrogens is 1250 g/mol. The lowest BCUT2D eigenvalue weighted by molar-refractivity contribution is -0.176. The first-order valence-corrected chi connectivity index (χ1v) is 31.4. The van der Waals surface area contributed by atoms with E-state index in [1.165, 1.54) is 43.3 Å². The molecule has 486 valence electrons. The fourth-order valence-electron chi connectivity index (χ4n) is 12.6. The number of carbonyl (C=O) groups excluding carboxylic acids is 6. The van der Waals surface area contributed by atoms with E-state index in [0.717, 1.165) is 32.8 Å². The van der Waals surface area contributed by atoms with Crippen molar-refractivity contribution in [3.05, 3.63) is 214 Å². The first kappa shape index (κ1) is 61.6. The lowest BCUT2D eigenvalue weighted by Crippen LogP contribution is -2.58. The van der Waals surface area contributed by atoms with Gasteiger partial charge in [0.15, 0.2) is 0 Å². The average molecular weight is 1310 g/mol. The number of aryl methyl sites for hydroxylation is 4. The number of nitrogens with one attached hydrogen (secondary N) is 4. The Bertz CT molecular complexity index is 4840. The van der Waals surface area contributed by atoms with Gasteiger partial charge < -0.3 is 49.7 Å². The summed E-state index contributed by atoms with van der Waals surface area (Å²) >= 11 is 0. The van der Waals surface area contributed by atoms with Crippen molar-refractivity contribution >= 4 is 101 Å². The van der Waals surface area contributed by atoms with Crippen molar-refractivity contribution in [1.82, 2.24) is 9.80 Å². The monoisotopic (exact) mass is 1300 g/mol. The van der Waals surface area contributed by atoms with Gasteiger partial charge >= 0.3 is 6.18 Å². The third kappa shape index (κ3) is 11.6. The summed E-state index contributed by atoms with van der Waals surface area (Å²) in [6.45, 7) is 11.3. The largest absolute Gasteiger partial charge is 0.457 e. The van der Waals surface area contributed by atoms with E-state index in [9.17, 15) is 9.59 Å². The molecule has 2 fully saturated rings. The molecule has 4 heterocycles. The van der Waals surface area contributed by atoms with Gasteiger partial charge in [-0.05, 0) is 156 Å². The molecule has 0 bridgehead atoms. The molecule has 0 aromatic heterocycles. The Morgan fingerprint density at radius 1 is 0.423 bits per heavy atom. The number of halogens is 3. The lowest BCUT2D eigenvalue weighted by Gasteiger charge is -2.35. The molecule has 4 atom stereocenters. The quantitative estimate of drug-likeness (QED) is 0.0242. The van der Waals surface area contributed by atoms with Crippen molar-refractivity contribution in [2.24, 2.45) is 0 Å². The molecule has 15 rings (SSSR count). The Labute approximate surface area is 552 Å². The minimum Gasteiger partial charge on any atom is -0.457 e. The van der Waals surface area contributed by atoms with Crippen LogP contribution in [0, 0.1) is 27.7 Å². The zero-order valence-corrected chi connectivity index (χ0v) is 52.7. The van der Waals surface area contributed by atoms with E-state index >= 15 is 32.3 Å². The van der Waals surface area contributed by atoms with E-state index < -0.39 is 64.8 Å². The second-order valence-electron chi connectivity index (χ2n) is 24.7. The first-order valence-electron chi connectivity index (χ1n) is 31.4. The van der Waals surface area contributed by atoms with E-state index in [2.05, 4.69) is 21.3 Å². The lowest BCUT2D eigenvalue weighted by atomic mass is 9.80. The Hall–Kier alpha value is -11.6. The fourth-order valence-corrected chi connectivity index (χ4v) is 12.6. The normalized spacial score (nSPS) is 16.2. The molecule has 4 aliphatic heterocycles. The van der Waals surface area contributed by atoms with Crippen LogP contribution in [0.2, 0.25) is 0 Å². The third-order valence-electron chi connectivity index (χ3n) is 17.7. The van der Waals surface area contributed by atoms with Crippen molar-refractivity contribution in [3.63, 3.8) is 0 Å². The van der Waals surface area contributed by atoms with Gasteiger partial charge in [-0.1, -0.05) is 70.8 Å². The molecule has 11 aromatic carbocycles. The highest BCUT2D eigenvalue weighted by Gasteiger charge is 2.55. The predicted octanol–water partition coefficient (Wildman–Crippen LogP) is 15.6. The maximum atomic E-state index is 16.1. The van der Waals surface area contributed by atoms with Crippen LogP contribution >= 0.6 is 0 Å². The van der Waals surface area contributed by atoms with Crippen molar-refractivity contribution in [1.29, 1.82) is 0 Å². The fraction of sp³-hybridized carbons (Fsp3) is 0.184. The van der Waals surface area contributed by atoms with Crippen LogP contribution in [-0.4, -0.2) is 102 Å². The SMILES string of the molecule is Cc1ccc(Oc2cc3c4c(cc(Oc5ccc(C)cc5)c5c6c(Oc7ccc(C)cc7)cc7c8c(cc(Oc9ccc(C)cc9)c(c2c45)c86)C(=O)N(C(C(=O)Nc2ccc(NCC4CO4)cc2)C(F)(F)F)C7=O)C(=O)N(C(C)C(=O)Nc2ccc(NCC4CO4)cc2)C3=O)cc1. The summed E-state index contributed by atoms with van der Waals surface area (Å²) < 4.78 is 86.9. The molecule has 6 amide bonds. The van der Waals surface area contributed by atoms with E-state index in [1.807, 2.05) is 27.7 Å². The van der Waals surface area contributed by atoms with Crippen LogP contribution in [0.3, 0.4) is 0 Å². The van der Waals surface area contributed by atoms with Crippen molar-refractivity contribution in [3.8, 4) is 46.0 Å². The number of rotatable bonds is 20. The van der Waals surface area contributed by atoms with Gasteiger partial charge in [-0.3, -0.25) is 38.6 Å². The number of fused-ring (bicyclic) bond motifs is 2. The Morgan fingerprint density at radius 2 is 0.701 bits per heavy atom. The Morgan fingerprint density at radius 3 is 0.990 bits per heavy atom. The molecule has 18 nitrogen and oxygen atoms in total.